The maximum absolute atomic E-state index is 12.8. The summed E-state index contributed by atoms with van der Waals surface area (Å²) in [5.41, 5.74) is 0.542. The van der Waals surface area contributed by atoms with Gasteiger partial charge >= 0.3 is 12.1 Å². The zero-order valence-electron chi connectivity index (χ0n) is 15.8. The van der Waals surface area contributed by atoms with Crippen LogP contribution in [0.5, 0.6) is 0 Å². The summed E-state index contributed by atoms with van der Waals surface area (Å²) >= 11 is 0. The van der Waals surface area contributed by atoms with Crippen LogP contribution in [-0.2, 0) is 0 Å². The monoisotopic (exact) mass is 348 g/mol. The van der Waals surface area contributed by atoms with E-state index in [-0.39, 0.29) is 23.5 Å². The third-order valence-corrected chi connectivity index (χ3v) is 8.17. The number of rotatable bonds is 2. The van der Waals surface area contributed by atoms with Crippen LogP contribution in [0.4, 0.5) is 9.59 Å². The molecule has 0 aromatic heterocycles. The Bertz CT molecular complexity index is 570. The Hall–Kier alpha value is -1.46. The van der Waals surface area contributed by atoms with Crippen molar-refractivity contribution in [1.29, 1.82) is 0 Å². The zero-order chi connectivity index (χ0) is 17.8. The molecule has 2 heterocycles. The number of fused-ring (bicyclic) bond motifs is 2. The van der Waals surface area contributed by atoms with Gasteiger partial charge in [-0.3, -0.25) is 0 Å². The molecule has 3 atom stereocenters. The molecule has 4 rings (SSSR count). The number of nitrogens with one attached hydrogen (secondary N) is 2. The summed E-state index contributed by atoms with van der Waals surface area (Å²) in [7, 11) is 0. The van der Waals surface area contributed by atoms with Crippen LogP contribution in [0.25, 0.3) is 0 Å². The molecule has 2 N–H and O–H groups in total. The summed E-state index contributed by atoms with van der Waals surface area (Å²) in [4.78, 5) is 28.5. The van der Waals surface area contributed by atoms with Crippen molar-refractivity contribution in [3.63, 3.8) is 0 Å². The van der Waals surface area contributed by atoms with Gasteiger partial charge in [0.25, 0.3) is 0 Å². The molecule has 0 aromatic rings. The van der Waals surface area contributed by atoms with Gasteiger partial charge in [-0.2, -0.15) is 0 Å². The third kappa shape index (κ3) is 2.51. The normalized spacial score (nSPS) is 37.5. The Morgan fingerprint density at radius 2 is 1.88 bits per heavy atom. The Balaban J connectivity index is 1.32. The predicted molar refractivity (Wildman–Crippen MR) is 96.2 cm³/mol. The molecule has 0 radical (unpaired) electrons. The van der Waals surface area contributed by atoms with Crippen molar-refractivity contribution in [2.24, 2.45) is 16.7 Å². The molecule has 6 nitrogen and oxygen atoms in total. The van der Waals surface area contributed by atoms with E-state index in [1.54, 1.807) is 0 Å². The molecule has 2 aliphatic carbocycles. The van der Waals surface area contributed by atoms with Gasteiger partial charge in [-0.25, -0.2) is 9.59 Å². The molecular formula is C19H32N4O2. The lowest BCUT2D eigenvalue weighted by Crippen LogP contribution is -2.54. The van der Waals surface area contributed by atoms with Gasteiger partial charge in [-0.15, -0.1) is 0 Å². The topological polar surface area (TPSA) is 64.7 Å². The molecule has 2 aliphatic heterocycles. The van der Waals surface area contributed by atoms with Crippen molar-refractivity contribution < 1.29 is 9.59 Å². The van der Waals surface area contributed by atoms with E-state index in [0.29, 0.717) is 11.5 Å². The number of carbonyl (C=O) groups is 2. The summed E-state index contributed by atoms with van der Waals surface area (Å²) < 4.78 is 0. The van der Waals surface area contributed by atoms with Gasteiger partial charge in [0, 0.05) is 38.3 Å². The molecule has 2 saturated carbocycles. The molecule has 4 fully saturated rings. The van der Waals surface area contributed by atoms with Crippen molar-refractivity contribution in [3.8, 4) is 0 Å². The number of hydrogen-bond donors (Lipinski definition) is 2. The first-order chi connectivity index (χ1) is 11.8. The van der Waals surface area contributed by atoms with Gasteiger partial charge in [0.15, 0.2) is 0 Å². The molecule has 0 unspecified atom stereocenters. The lowest BCUT2D eigenvalue weighted by Gasteiger charge is -2.41. The van der Waals surface area contributed by atoms with E-state index < -0.39 is 0 Å². The predicted octanol–water partition coefficient (Wildman–Crippen LogP) is 2.40. The average molecular weight is 348 g/mol. The molecule has 2 bridgehead atoms. The van der Waals surface area contributed by atoms with E-state index in [1.165, 1.54) is 12.8 Å². The second kappa shape index (κ2) is 5.78. The van der Waals surface area contributed by atoms with Crippen LogP contribution >= 0.6 is 0 Å². The quantitative estimate of drug-likeness (QED) is 0.805. The molecular weight excluding hydrogens is 316 g/mol. The Labute approximate surface area is 150 Å². The highest BCUT2D eigenvalue weighted by Gasteiger charge is 2.61. The number of nitrogens with zero attached hydrogens (tertiary/aromatic N) is 2. The van der Waals surface area contributed by atoms with Crippen LogP contribution in [0.1, 0.15) is 52.9 Å². The summed E-state index contributed by atoms with van der Waals surface area (Å²) in [5, 5.41) is 6.23. The molecule has 4 aliphatic rings. The van der Waals surface area contributed by atoms with E-state index in [1.807, 2.05) is 9.80 Å². The fraction of sp³-hybridized carbons (Fsp3) is 0.895. The van der Waals surface area contributed by atoms with Gasteiger partial charge in [0.05, 0.1) is 0 Å². The Morgan fingerprint density at radius 1 is 1.16 bits per heavy atom. The molecule has 0 aromatic carbocycles. The number of carbonyl (C=O) groups excluding carboxylic acids is 2. The first-order valence-corrected chi connectivity index (χ1v) is 9.93. The van der Waals surface area contributed by atoms with Crippen LogP contribution in [-0.4, -0.2) is 60.1 Å². The average Bonchev–Trinajstić information content (AvgIpc) is 3.16. The molecule has 0 spiro atoms. The van der Waals surface area contributed by atoms with E-state index in [4.69, 9.17) is 0 Å². The van der Waals surface area contributed by atoms with Gasteiger partial charge in [0.2, 0.25) is 0 Å². The first-order valence-electron chi connectivity index (χ1n) is 9.93. The van der Waals surface area contributed by atoms with Gasteiger partial charge in [0.1, 0.15) is 0 Å². The standard InChI is InChI=1S/C19H32N4O2/c1-18(2)13-4-7-19(18,3)15(12-13)21-17(25)22-9-5-14(6-10-22)23-11-8-20-16(23)24/h13-15H,4-12H2,1-3H3,(H,20,24)(H,21,25)/t13-,15+,19-/m0/s1. The second-order valence-corrected chi connectivity index (χ2v) is 9.26. The van der Waals surface area contributed by atoms with Crippen molar-refractivity contribution in [1.82, 2.24) is 20.4 Å². The Morgan fingerprint density at radius 3 is 2.40 bits per heavy atom. The van der Waals surface area contributed by atoms with Crippen LogP contribution < -0.4 is 10.6 Å². The second-order valence-electron chi connectivity index (χ2n) is 9.26. The lowest BCUT2D eigenvalue weighted by atomic mass is 9.69. The van der Waals surface area contributed by atoms with Crippen molar-refractivity contribution >= 4 is 12.1 Å². The van der Waals surface area contributed by atoms with Crippen LogP contribution in [0.3, 0.4) is 0 Å². The van der Waals surface area contributed by atoms with E-state index >= 15 is 0 Å². The first kappa shape index (κ1) is 17.0. The van der Waals surface area contributed by atoms with Crippen molar-refractivity contribution in [2.75, 3.05) is 26.2 Å². The number of urea groups is 2. The number of likely N-dealkylation sites (tertiary alicyclic amines) is 1. The molecule has 140 valence electrons. The maximum Gasteiger partial charge on any atom is 0.317 e. The highest BCUT2D eigenvalue weighted by Crippen LogP contribution is 2.65. The van der Waals surface area contributed by atoms with Crippen molar-refractivity contribution in [2.45, 2.75) is 65.0 Å². The minimum atomic E-state index is 0.0556. The smallest absolute Gasteiger partial charge is 0.317 e. The largest absolute Gasteiger partial charge is 0.336 e. The fourth-order valence-corrected chi connectivity index (χ4v) is 5.88. The zero-order valence-corrected chi connectivity index (χ0v) is 15.8. The van der Waals surface area contributed by atoms with Crippen LogP contribution in [0.15, 0.2) is 0 Å². The van der Waals surface area contributed by atoms with Gasteiger partial charge in [-0.1, -0.05) is 20.8 Å². The highest BCUT2D eigenvalue weighted by atomic mass is 16.2. The number of amides is 4. The van der Waals surface area contributed by atoms with E-state index in [9.17, 15) is 9.59 Å². The fourth-order valence-electron chi connectivity index (χ4n) is 5.88. The summed E-state index contributed by atoms with van der Waals surface area (Å²) in [6.45, 7) is 10.2. The van der Waals surface area contributed by atoms with Crippen LogP contribution in [0.2, 0.25) is 0 Å². The SMILES string of the molecule is CC1(C)[C@H]2CC[C@@]1(C)[C@H](NC(=O)N1CCC(N3CCNC3=O)CC1)C2. The molecule has 2 saturated heterocycles. The van der Waals surface area contributed by atoms with Gasteiger partial charge < -0.3 is 20.4 Å². The minimum absolute atomic E-state index is 0.0556. The highest BCUT2D eigenvalue weighted by molar-refractivity contribution is 5.77. The third-order valence-electron chi connectivity index (χ3n) is 8.17. The number of hydrogen-bond acceptors (Lipinski definition) is 2. The summed E-state index contributed by atoms with van der Waals surface area (Å²) in [6, 6.07) is 0.736. The van der Waals surface area contributed by atoms with E-state index in [0.717, 1.165) is 51.4 Å². The van der Waals surface area contributed by atoms with Crippen molar-refractivity contribution in [3.05, 3.63) is 0 Å². The summed E-state index contributed by atoms with van der Waals surface area (Å²) in [5.74, 6) is 0.738. The Kier molecular flexibility index (Phi) is 3.92. The lowest BCUT2D eigenvalue weighted by molar-refractivity contribution is 0.110. The number of piperidine rings is 1. The minimum Gasteiger partial charge on any atom is -0.336 e. The summed E-state index contributed by atoms with van der Waals surface area (Å²) in [6.07, 6.45) is 5.42. The van der Waals surface area contributed by atoms with Gasteiger partial charge in [-0.05, 0) is 48.9 Å². The van der Waals surface area contributed by atoms with E-state index in [2.05, 4.69) is 31.4 Å². The molecule has 4 amide bonds. The maximum atomic E-state index is 12.8. The molecule has 6 heteroatoms. The van der Waals surface area contributed by atoms with Crippen LogP contribution in [0, 0.1) is 16.7 Å². The molecule has 25 heavy (non-hydrogen) atoms.